The molecule has 0 aliphatic heterocycles. The van der Waals surface area contributed by atoms with Crippen molar-refractivity contribution in [2.75, 3.05) is 14.2 Å². The van der Waals surface area contributed by atoms with Gasteiger partial charge in [0.2, 0.25) is 0 Å². The van der Waals surface area contributed by atoms with Gasteiger partial charge in [0.05, 0.1) is 13.2 Å². The van der Waals surface area contributed by atoms with Gasteiger partial charge in [0.15, 0.2) is 0 Å². The maximum absolute atomic E-state index is 7.32. The second-order valence-electron chi connectivity index (χ2n) is 3.06. The highest BCUT2D eigenvalue weighted by Gasteiger charge is 1.98. The van der Waals surface area contributed by atoms with Gasteiger partial charge in [-0.3, -0.25) is 0 Å². The van der Waals surface area contributed by atoms with Crippen molar-refractivity contribution in [2.24, 2.45) is 0 Å². The van der Waals surface area contributed by atoms with Gasteiger partial charge in [-0.2, -0.15) is 5.26 Å². The first-order valence-electron chi connectivity index (χ1n) is 4.78. The number of hydrogen-bond donors (Lipinski definition) is 1. The number of benzene rings is 1. The Morgan fingerprint density at radius 3 is 2.60 bits per heavy atom. The van der Waals surface area contributed by atoms with E-state index in [-0.39, 0.29) is 1.43 Å². The lowest BCUT2D eigenvalue weighted by atomic mass is 10.1. The van der Waals surface area contributed by atoms with Crippen LogP contribution in [0.5, 0.6) is 5.75 Å². The van der Waals surface area contributed by atoms with Crippen molar-refractivity contribution in [3.8, 4) is 11.8 Å². The molecule has 0 saturated heterocycles. The number of nitrogens with zero attached hydrogens (tertiary/aromatic N) is 1. The SMILES string of the molecule is CC#N.CNCc1ccc(C)c(OC)c1.[HH]. The van der Waals surface area contributed by atoms with Crippen LogP contribution in [0.3, 0.4) is 0 Å². The van der Waals surface area contributed by atoms with Crippen molar-refractivity contribution in [1.29, 1.82) is 5.26 Å². The second kappa shape index (κ2) is 7.84. The fourth-order valence-corrected chi connectivity index (χ4v) is 1.18. The molecule has 3 nitrogen and oxygen atoms in total. The predicted octanol–water partition coefficient (Wildman–Crippen LogP) is 2.50. The largest absolute Gasteiger partial charge is 0.496 e. The highest BCUT2D eigenvalue weighted by molar-refractivity contribution is 5.36. The molecular weight excluding hydrogens is 188 g/mol. The summed E-state index contributed by atoms with van der Waals surface area (Å²) in [5.41, 5.74) is 2.43. The molecule has 0 atom stereocenters. The van der Waals surface area contributed by atoms with Crippen LogP contribution < -0.4 is 10.1 Å². The molecule has 3 heteroatoms. The average molecular weight is 208 g/mol. The number of nitrogens with one attached hydrogen (secondary N) is 1. The van der Waals surface area contributed by atoms with E-state index in [4.69, 9.17) is 10.00 Å². The zero-order valence-electron chi connectivity index (χ0n) is 9.79. The lowest BCUT2D eigenvalue weighted by molar-refractivity contribution is 0.411. The molecule has 1 N–H and O–H groups in total. The summed E-state index contributed by atoms with van der Waals surface area (Å²) in [6.45, 7) is 4.36. The minimum Gasteiger partial charge on any atom is -0.496 e. The van der Waals surface area contributed by atoms with Crippen molar-refractivity contribution in [2.45, 2.75) is 20.4 Å². The first-order chi connectivity index (χ1) is 7.19. The number of ether oxygens (including phenoxy) is 1. The summed E-state index contributed by atoms with van der Waals surface area (Å²) in [6, 6.07) is 7.99. The molecule has 0 amide bonds. The van der Waals surface area contributed by atoms with Crippen LogP contribution in [0.15, 0.2) is 18.2 Å². The summed E-state index contributed by atoms with van der Waals surface area (Å²) < 4.78 is 5.20. The molecule has 1 aromatic rings. The van der Waals surface area contributed by atoms with Crippen LogP contribution in [0.25, 0.3) is 0 Å². The van der Waals surface area contributed by atoms with Gasteiger partial charge in [-0.15, -0.1) is 0 Å². The molecule has 1 aromatic carbocycles. The van der Waals surface area contributed by atoms with E-state index in [1.54, 1.807) is 13.2 Å². The number of hydrogen-bond acceptors (Lipinski definition) is 3. The molecule has 0 spiro atoms. The highest BCUT2D eigenvalue weighted by atomic mass is 16.5. The molecule has 0 aliphatic carbocycles. The Kier molecular flexibility index (Phi) is 7.04. The minimum atomic E-state index is 0. The van der Waals surface area contributed by atoms with Gasteiger partial charge in [0.25, 0.3) is 0 Å². The Bertz CT molecular complexity index is 334. The van der Waals surface area contributed by atoms with E-state index in [9.17, 15) is 0 Å². The summed E-state index contributed by atoms with van der Waals surface area (Å²) in [5.74, 6) is 0.961. The molecule has 0 saturated carbocycles. The molecule has 0 bridgehead atoms. The zero-order valence-corrected chi connectivity index (χ0v) is 9.79. The van der Waals surface area contributed by atoms with Gasteiger partial charge >= 0.3 is 0 Å². The molecule has 0 aromatic heterocycles. The fourth-order valence-electron chi connectivity index (χ4n) is 1.18. The highest BCUT2D eigenvalue weighted by Crippen LogP contribution is 2.18. The van der Waals surface area contributed by atoms with Gasteiger partial charge in [0, 0.05) is 14.9 Å². The quantitative estimate of drug-likeness (QED) is 0.830. The average Bonchev–Trinajstić information content (AvgIpc) is 2.22. The summed E-state index contributed by atoms with van der Waals surface area (Å²) in [4.78, 5) is 0. The summed E-state index contributed by atoms with van der Waals surface area (Å²) in [7, 11) is 3.64. The van der Waals surface area contributed by atoms with Crippen molar-refractivity contribution < 1.29 is 6.16 Å². The van der Waals surface area contributed by atoms with Gasteiger partial charge in [0.1, 0.15) is 5.75 Å². The zero-order chi connectivity index (χ0) is 11.7. The number of nitriles is 1. The predicted molar refractivity (Wildman–Crippen MR) is 63.9 cm³/mol. The molecular formula is C12H20N2O. The van der Waals surface area contributed by atoms with Crippen molar-refractivity contribution in [3.05, 3.63) is 29.3 Å². The third-order valence-electron chi connectivity index (χ3n) is 1.85. The maximum atomic E-state index is 7.32. The second-order valence-corrected chi connectivity index (χ2v) is 3.06. The third kappa shape index (κ3) is 5.04. The summed E-state index contributed by atoms with van der Waals surface area (Å²) in [6.07, 6.45) is 0. The van der Waals surface area contributed by atoms with E-state index in [1.807, 2.05) is 14.0 Å². The summed E-state index contributed by atoms with van der Waals surface area (Å²) >= 11 is 0. The van der Waals surface area contributed by atoms with Crippen molar-refractivity contribution in [1.82, 2.24) is 5.32 Å². The molecule has 15 heavy (non-hydrogen) atoms. The topological polar surface area (TPSA) is 45.0 Å². The number of rotatable bonds is 3. The molecule has 84 valence electrons. The van der Waals surface area contributed by atoms with Crippen LogP contribution in [0, 0.1) is 18.3 Å². The Labute approximate surface area is 93.2 Å². The molecule has 0 heterocycles. The van der Waals surface area contributed by atoms with Crippen LogP contribution in [-0.2, 0) is 6.54 Å². The van der Waals surface area contributed by atoms with E-state index in [0.29, 0.717) is 0 Å². The third-order valence-corrected chi connectivity index (χ3v) is 1.85. The fraction of sp³-hybridized carbons (Fsp3) is 0.417. The first kappa shape index (κ1) is 13.5. The number of aryl methyl sites for hydroxylation is 1. The Morgan fingerprint density at radius 1 is 1.53 bits per heavy atom. The summed E-state index contributed by atoms with van der Waals surface area (Å²) in [5, 5.41) is 10.4. The van der Waals surface area contributed by atoms with Crippen LogP contribution in [0.1, 0.15) is 19.5 Å². The van der Waals surface area contributed by atoms with Gasteiger partial charge in [-0.05, 0) is 31.2 Å². The van der Waals surface area contributed by atoms with E-state index >= 15 is 0 Å². The van der Waals surface area contributed by atoms with Crippen LogP contribution in [-0.4, -0.2) is 14.2 Å². The first-order valence-corrected chi connectivity index (χ1v) is 4.78. The standard InChI is InChI=1S/C10H15NO.C2H3N.H2/c1-8-4-5-9(7-11-2)6-10(8)12-3;1-2-3;/h4-6,11H,7H2,1-3H3;1H3;1H. The lowest BCUT2D eigenvalue weighted by Crippen LogP contribution is -2.05. The normalized spacial score (nSPS) is 8.47. The Balaban J connectivity index is 0. The van der Waals surface area contributed by atoms with Crippen molar-refractivity contribution in [3.63, 3.8) is 0 Å². The van der Waals surface area contributed by atoms with E-state index < -0.39 is 0 Å². The molecule has 0 unspecified atom stereocenters. The van der Waals surface area contributed by atoms with E-state index in [0.717, 1.165) is 12.3 Å². The van der Waals surface area contributed by atoms with Gasteiger partial charge in [-0.1, -0.05) is 12.1 Å². The Morgan fingerprint density at radius 2 is 2.13 bits per heavy atom. The van der Waals surface area contributed by atoms with Gasteiger partial charge < -0.3 is 10.1 Å². The van der Waals surface area contributed by atoms with Crippen LogP contribution in [0.2, 0.25) is 0 Å². The number of methoxy groups -OCH3 is 1. The maximum Gasteiger partial charge on any atom is 0.122 e. The molecule has 1 rings (SSSR count). The van der Waals surface area contributed by atoms with E-state index in [2.05, 4.69) is 23.5 Å². The van der Waals surface area contributed by atoms with Crippen molar-refractivity contribution >= 4 is 0 Å². The minimum absolute atomic E-state index is 0. The molecule has 0 fully saturated rings. The van der Waals surface area contributed by atoms with Crippen LogP contribution >= 0.6 is 0 Å². The molecule has 0 aliphatic rings. The lowest BCUT2D eigenvalue weighted by Gasteiger charge is -2.06. The van der Waals surface area contributed by atoms with E-state index in [1.165, 1.54) is 18.1 Å². The molecule has 0 radical (unpaired) electrons. The Hall–Kier alpha value is -1.53. The van der Waals surface area contributed by atoms with Crippen LogP contribution in [0.4, 0.5) is 0 Å². The monoisotopic (exact) mass is 208 g/mol. The van der Waals surface area contributed by atoms with Gasteiger partial charge in [-0.25, -0.2) is 0 Å². The smallest absolute Gasteiger partial charge is 0.122 e.